The third-order valence-corrected chi connectivity index (χ3v) is 7.26. The summed E-state index contributed by atoms with van der Waals surface area (Å²) in [6, 6.07) is 9.14. The van der Waals surface area contributed by atoms with Crippen LogP contribution in [-0.2, 0) is 31.1 Å². The second-order valence-corrected chi connectivity index (χ2v) is 10.4. The fourth-order valence-corrected chi connectivity index (χ4v) is 5.88. The Labute approximate surface area is 149 Å². The maximum atomic E-state index is 12.0. The van der Waals surface area contributed by atoms with Gasteiger partial charge in [-0.2, -0.15) is 4.31 Å². The number of nitrogens with zero attached hydrogens (tertiary/aromatic N) is 1. The number of hydrogen-bond acceptors (Lipinski definition) is 5. The summed E-state index contributed by atoms with van der Waals surface area (Å²) < 4.78 is 48.2. The van der Waals surface area contributed by atoms with Gasteiger partial charge in [-0.25, -0.2) is 16.8 Å². The normalized spacial score (nSPS) is 19.8. The predicted octanol–water partition coefficient (Wildman–Crippen LogP) is 0.184. The van der Waals surface area contributed by atoms with E-state index in [2.05, 4.69) is 5.32 Å². The first-order valence-corrected chi connectivity index (χ1v) is 11.8. The molecule has 1 aliphatic rings. The smallest absolute Gasteiger partial charge is 0.221 e. The molecule has 0 aromatic heterocycles. The largest absolute Gasteiger partial charge is 0.356 e. The molecule has 1 N–H and O–H groups in total. The monoisotopic (exact) mass is 388 g/mol. The van der Waals surface area contributed by atoms with Crippen molar-refractivity contribution >= 4 is 25.8 Å². The zero-order chi connectivity index (χ0) is 18.5. The van der Waals surface area contributed by atoms with Gasteiger partial charge in [0, 0.05) is 25.6 Å². The minimum Gasteiger partial charge on any atom is -0.356 e. The van der Waals surface area contributed by atoms with Crippen LogP contribution in [0.4, 0.5) is 0 Å². The molecule has 7 nitrogen and oxygen atoms in total. The average molecular weight is 389 g/mol. The van der Waals surface area contributed by atoms with Crippen LogP contribution in [0.15, 0.2) is 30.3 Å². The van der Waals surface area contributed by atoms with E-state index in [9.17, 15) is 21.6 Å². The van der Waals surface area contributed by atoms with Gasteiger partial charge in [-0.3, -0.25) is 4.79 Å². The zero-order valence-corrected chi connectivity index (χ0v) is 15.9. The third-order valence-electron chi connectivity index (χ3n) is 4.18. The summed E-state index contributed by atoms with van der Waals surface area (Å²) in [4.78, 5) is 12.0. The minimum absolute atomic E-state index is 0.00378. The highest BCUT2D eigenvalue weighted by Crippen LogP contribution is 2.20. The van der Waals surface area contributed by atoms with E-state index in [1.54, 1.807) is 0 Å². The average Bonchev–Trinajstić information content (AvgIpc) is 2.87. The SMILES string of the molecule is CS(=O)(=O)N(CCC(=O)NCCc1ccccc1)C1CCS(=O)(=O)C1. The molecule has 0 bridgehead atoms. The lowest BCUT2D eigenvalue weighted by Crippen LogP contribution is -2.42. The first-order chi connectivity index (χ1) is 11.7. The van der Waals surface area contributed by atoms with Crippen molar-refractivity contribution in [2.75, 3.05) is 30.9 Å². The number of sulfonamides is 1. The second kappa shape index (κ2) is 8.29. The number of benzene rings is 1. The molecule has 0 radical (unpaired) electrons. The summed E-state index contributed by atoms with van der Waals surface area (Å²) in [6.45, 7) is 0.468. The van der Waals surface area contributed by atoms with Gasteiger partial charge in [-0.1, -0.05) is 30.3 Å². The standard InChI is InChI=1S/C16H24N2O5S2/c1-24(20,21)18(15-9-12-25(22,23)13-15)11-8-16(19)17-10-7-14-5-3-2-4-6-14/h2-6,15H,7-13H2,1H3,(H,17,19). The lowest BCUT2D eigenvalue weighted by molar-refractivity contribution is -0.121. The Balaban J connectivity index is 1.83. The Morgan fingerprint density at radius 2 is 1.96 bits per heavy atom. The van der Waals surface area contributed by atoms with Gasteiger partial charge in [0.1, 0.15) is 0 Å². The Hall–Kier alpha value is -1.45. The van der Waals surface area contributed by atoms with Crippen LogP contribution in [0.3, 0.4) is 0 Å². The molecule has 1 unspecified atom stereocenters. The van der Waals surface area contributed by atoms with E-state index in [1.807, 2.05) is 30.3 Å². The molecule has 1 aromatic carbocycles. The van der Waals surface area contributed by atoms with Crippen molar-refractivity contribution in [3.63, 3.8) is 0 Å². The Morgan fingerprint density at radius 3 is 2.52 bits per heavy atom. The lowest BCUT2D eigenvalue weighted by atomic mass is 10.1. The molecule has 140 valence electrons. The molecule has 1 aliphatic heterocycles. The van der Waals surface area contributed by atoms with Gasteiger partial charge in [-0.15, -0.1) is 0 Å². The summed E-state index contributed by atoms with van der Waals surface area (Å²) in [6.07, 6.45) is 2.04. The Kier molecular flexibility index (Phi) is 6.59. The number of carbonyl (C=O) groups is 1. The molecule has 0 aliphatic carbocycles. The number of hydrogen-bond donors (Lipinski definition) is 1. The van der Waals surface area contributed by atoms with E-state index < -0.39 is 25.9 Å². The number of amides is 1. The summed E-state index contributed by atoms with van der Waals surface area (Å²) in [7, 11) is -6.76. The number of sulfone groups is 1. The van der Waals surface area contributed by atoms with E-state index in [0.717, 1.165) is 16.1 Å². The molecule has 1 heterocycles. The van der Waals surface area contributed by atoms with Crippen LogP contribution in [-0.4, -0.2) is 63.9 Å². The molecule has 0 saturated carbocycles. The van der Waals surface area contributed by atoms with Crippen molar-refractivity contribution < 1.29 is 21.6 Å². The third kappa shape index (κ3) is 6.41. The summed E-state index contributed by atoms with van der Waals surface area (Å²) in [5.74, 6) is -0.423. The van der Waals surface area contributed by atoms with Gasteiger partial charge in [0.2, 0.25) is 15.9 Å². The summed E-state index contributed by atoms with van der Waals surface area (Å²) in [5.41, 5.74) is 1.11. The molecule has 1 aromatic rings. The minimum atomic E-state index is -3.57. The molecule has 1 atom stereocenters. The van der Waals surface area contributed by atoms with E-state index in [0.29, 0.717) is 13.0 Å². The molecule has 1 fully saturated rings. The van der Waals surface area contributed by atoms with Crippen molar-refractivity contribution in [1.29, 1.82) is 0 Å². The van der Waals surface area contributed by atoms with Crippen LogP contribution in [0, 0.1) is 0 Å². The van der Waals surface area contributed by atoms with E-state index in [-0.39, 0.29) is 36.8 Å². The highest BCUT2D eigenvalue weighted by Gasteiger charge is 2.36. The molecule has 2 rings (SSSR count). The van der Waals surface area contributed by atoms with Crippen LogP contribution < -0.4 is 5.32 Å². The van der Waals surface area contributed by atoms with Gasteiger partial charge in [0.25, 0.3) is 0 Å². The Bertz CT molecular complexity index is 791. The van der Waals surface area contributed by atoms with Crippen molar-refractivity contribution in [1.82, 2.24) is 9.62 Å². The van der Waals surface area contributed by atoms with Crippen molar-refractivity contribution in [3.05, 3.63) is 35.9 Å². The highest BCUT2D eigenvalue weighted by atomic mass is 32.2. The molecule has 1 saturated heterocycles. The second-order valence-electron chi connectivity index (χ2n) is 6.27. The number of rotatable bonds is 8. The van der Waals surface area contributed by atoms with Crippen LogP contribution in [0.25, 0.3) is 0 Å². The topological polar surface area (TPSA) is 101 Å². The first-order valence-electron chi connectivity index (χ1n) is 8.15. The fraction of sp³-hybridized carbons (Fsp3) is 0.562. The van der Waals surface area contributed by atoms with Gasteiger partial charge >= 0.3 is 0 Å². The molecule has 0 spiro atoms. The maximum absolute atomic E-state index is 12.0. The Morgan fingerprint density at radius 1 is 1.28 bits per heavy atom. The van der Waals surface area contributed by atoms with Crippen molar-refractivity contribution in [2.45, 2.75) is 25.3 Å². The molecule has 25 heavy (non-hydrogen) atoms. The number of carbonyl (C=O) groups excluding carboxylic acids is 1. The summed E-state index contributed by atoms with van der Waals surface area (Å²) in [5, 5.41) is 2.77. The van der Waals surface area contributed by atoms with Crippen LogP contribution >= 0.6 is 0 Å². The molecule has 1 amide bonds. The van der Waals surface area contributed by atoms with Gasteiger partial charge in [0.05, 0.1) is 17.8 Å². The van der Waals surface area contributed by atoms with Crippen LogP contribution in [0.1, 0.15) is 18.4 Å². The highest BCUT2D eigenvalue weighted by molar-refractivity contribution is 7.92. The van der Waals surface area contributed by atoms with Crippen molar-refractivity contribution in [2.24, 2.45) is 0 Å². The molecule has 9 heteroatoms. The van der Waals surface area contributed by atoms with Gasteiger partial charge in [0.15, 0.2) is 9.84 Å². The summed E-state index contributed by atoms with van der Waals surface area (Å²) >= 11 is 0. The number of nitrogens with one attached hydrogen (secondary N) is 1. The van der Waals surface area contributed by atoms with E-state index in [4.69, 9.17) is 0 Å². The predicted molar refractivity (Wildman–Crippen MR) is 96.4 cm³/mol. The maximum Gasteiger partial charge on any atom is 0.221 e. The zero-order valence-electron chi connectivity index (χ0n) is 14.2. The first kappa shape index (κ1) is 19.9. The fourth-order valence-electron chi connectivity index (χ4n) is 2.91. The lowest BCUT2D eigenvalue weighted by Gasteiger charge is -2.25. The molecular formula is C16H24N2O5S2. The van der Waals surface area contributed by atoms with Crippen molar-refractivity contribution in [3.8, 4) is 0 Å². The van der Waals surface area contributed by atoms with Crippen LogP contribution in [0.5, 0.6) is 0 Å². The quantitative estimate of drug-likeness (QED) is 0.685. The van der Waals surface area contributed by atoms with Gasteiger partial charge in [-0.05, 0) is 18.4 Å². The van der Waals surface area contributed by atoms with E-state index in [1.165, 1.54) is 0 Å². The van der Waals surface area contributed by atoms with Gasteiger partial charge < -0.3 is 5.32 Å². The van der Waals surface area contributed by atoms with E-state index >= 15 is 0 Å². The van der Waals surface area contributed by atoms with Crippen LogP contribution in [0.2, 0.25) is 0 Å². The molecular weight excluding hydrogens is 364 g/mol.